The molecule has 0 N–H and O–H groups in total. The van der Waals surface area contributed by atoms with Gasteiger partial charge in [0, 0.05) is 11.0 Å². The monoisotopic (exact) mass is 558 g/mol. The van der Waals surface area contributed by atoms with E-state index < -0.39 is 34.5 Å². The molecule has 182 valence electrons. The molecule has 0 spiro atoms. The number of anilines is 1. The summed E-state index contributed by atoms with van der Waals surface area (Å²) in [6, 6.07) is 22.1. The number of methoxy groups -OCH3 is 1. The Kier molecular flexibility index (Phi) is 7.54. The fraction of sp³-hybridized carbons (Fsp3) is 0.200. The highest BCUT2D eigenvalue weighted by atomic mass is 79.9. The van der Waals surface area contributed by atoms with Crippen LogP contribution < -0.4 is 9.64 Å². The second-order valence-corrected chi connectivity index (χ2v) is 10.7. The lowest BCUT2D eigenvalue weighted by Crippen LogP contribution is -2.50. The minimum Gasteiger partial charge on any atom is -0.475 e. The summed E-state index contributed by atoms with van der Waals surface area (Å²) in [4.78, 5) is 27.2. The molecule has 0 saturated heterocycles. The summed E-state index contributed by atoms with van der Waals surface area (Å²) >= 11 is 3.32. The highest BCUT2D eigenvalue weighted by Crippen LogP contribution is 2.34. The van der Waals surface area contributed by atoms with E-state index in [4.69, 9.17) is 9.47 Å². The van der Waals surface area contributed by atoms with Gasteiger partial charge >= 0.3 is 5.97 Å². The highest BCUT2D eigenvalue weighted by molar-refractivity contribution is 9.10. The Morgan fingerprint density at radius 3 is 2.37 bits per heavy atom. The lowest BCUT2D eigenvalue weighted by Gasteiger charge is -2.34. The fourth-order valence-corrected chi connectivity index (χ4v) is 5.37. The van der Waals surface area contributed by atoms with E-state index in [0.717, 1.165) is 14.3 Å². The first-order valence-electron chi connectivity index (χ1n) is 10.7. The Balaban J connectivity index is 1.67. The number of hydrogen-bond acceptors (Lipinski definition) is 6. The van der Waals surface area contributed by atoms with Gasteiger partial charge in [-0.3, -0.25) is 4.79 Å². The zero-order chi connectivity index (χ0) is 25.0. The number of nitrogens with zero attached hydrogens (tertiary/aromatic N) is 2. The van der Waals surface area contributed by atoms with Crippen molar-refractivity contribution in [2.45, 2.75) is 17.5 Å². The summed E-state index contributed by atoms with van der Waals surface area (Å²) in [7, 11) is -2.78. The van der Waals surface area contributed by atoms with Crippen molar-refractivity contribution in [1.29, 1.82) is 0 Å². The third-order valence-electron chi connectivity index (χ3n) is 5.50. The molecule has 0 saturated carbocycles. The van der Waals surface area contributed by atoms with Crippen LogP contribution in [0.4, 0.5) is 5.69 Å². The summed E-state index contributed by atoms with van der Waals surface area (Å²) in [5.74, 6) is -0.778. The molecule has 1 amide bonds. The molecular weight excluding hydrogens is 536 g/mol. The molecule has 1 heterocycles. The van der Waals surface area contributed by atoms with Gasteiger partial charge in [-0.25, -0.2) is 13.2 Å². The van der Waals surface area contributed by atoms with E-state index in [1.54, 1.807) is 60.7 Å². The molecule has 3 aromatic rings. The Morgan fingerprint density at radius 2 is 1.69 bits per heavy atom. The molecule has 1 aliphatic rings. The minimum absolute atomic E-state index is 0.00258. The van der Waals surface area contributed by atoms with Crippen LogP contribution in [0.25, 0.3) is 0 Å². The molecule has 1 atom stereocenters. The second kappa shape index (κ2) is 10.6. The van der Waals surface area contributed by atoms with Gasteiger partial charge in [0.25, 0.3) is 0 Å². The normalized spacial score (nSPS) is 15.3. The molecule has 3 aromatic carbocycles. The summed E-state index contributed by atoms with van der Waals surface area (Å²) < 4.78 is 39.5. The van der Waals surface area contributed by atoms with Crippen LogP contribution in [0.3, 0.4) is 0 Å². The smallest absolute Gasteiger partial charge is 0.348 e. The zero-order valence-corrected chi connectivity index (χ0v) is 21.2. The van der Waals surface area contributed by atoms with Crippen molar-refractivity contribution in [3.63, 3.8) is 0 Å². The number of amides is 1. The van der Waals surface area contributed by atoms with Gasteiger partial charge in [0.05, 0.1) is 30.8 Å². The van der Waals surface area contributed by atoms with Crippen LogP contribution in [0.1, 0.15) is 5.56 Å². The van der Waals surface area contributed by atoms with E-state index in [1.807, 2.05) is 6.07 Å². The SMILES string of the molecule is COC(=O)[C@@H]1CN(C(=O)CN(Cc2ccccc2)S(=O)(=O)c2ccc(Br)cc2)c2ccccc2O1. The van der Waals surface area contributed by atoms with Gasteiger partial charge in [0.15, 0.2) is 0 Å². The Bertz CT molecular complexity index is 1320. The summed E-state index contributed by atoms with van der Waals surface area (Å²) in [5.41, 5.74) is 1.19. The van der Waals surface area contributed by atoms with Gasteiger partial charge in [0.2, 0.25) is 22.0 Å². The Hall–Kier alpha value is -3.21. The fourth-order valence-electron chi connectivity index (χ4n) is 3.73. The largest absolute Gasteiger partial charge is 0.475 e. The zero-order valence-electron chi connectivity index (χ0n) is 18.8. The van der Waals surface area contributed by atoms with Crippen LogP contribution in [-0.2, 0) is 30.9 Å². The van der Waals surface area contributed by atoms with Crippen LogP contribution in [-0.4, -0.2) is 50.9 Å². The lowest BCUT2D eigenvalue weighted by molar-refractivity contribution is -0.148. The quantitative estimate of drug-likeness (QED) is 0.411. The van der Waals surface area contributed by atoms with Crippen molar-refractivity contribution in [2.24, 2.45) is 0 Å². The van der Waals surface area contributed by atoms with Crippen LogP contribution in [0.5, 0.6) is 5.75 Å². The number of sulfonamides is 1. The maximum atomic E-state index is 13.6. The second-order valence-electron chi connectivity index (χ2n) is 7.81. The number of carbonyl (C=O) groups is 2. The topological polar surface area (TPSA) is 93.2 Å². The van der Waals surface area contributed by atoms with Crippen molar-refractivity contribution >= 4 is 43.5 Å². The van der Waals surface area contributed by atoms with E-state index in [2.05, 4.69) is 15.9 Å². The van der Waals surface area contributed by atoms with Crippen LogP contribution in [0.15, 0.2) is 88.2 Å². The predicted octanol–water partition coefficient (Wildman–Crippen LogP) is 3.61. The van der Waals surface area contributed by atoms with E-state index in [0.29, 0.717) is 11.4 Å². The van der Waals surface area contributed by atoms with Crippen molar-refractivity contribution in [3.8, 4) is 5.75 Å². The van der Waals surface area contributed by atoms with E-state index in [9.17, 15) is 18.0 Å². The molecular formula is C25H23BrN2O6S. The molecule has 8 nitrogen and oxygen atoms in total. The number of fused-ring (bicyclic) bond motifs is 1. The number of benzene rings is 3. The van der Waals surface area contributed by atoms with Gasteiger partial charge in [0.1, 0.15) is 5.75 Å². The third kappa shape index (κ3) is 5.55. The number of carbonyl (C=O) groups excluding carboxylic acids is 2. The third-order valence-corrected chi connectivity index (χ3v) is 7.84. The Labute approximate surface area is 212 Å². The predicted molar refractivity (Wildman–Crippen MR) is 133 cm³/mol. The van der Waals surface area contributed by atoms with E-state index >= 15 is 0 Å². The molecule has 10 heteroatoms. The van der Waals surface area contributed by atoms with Gasteiger partial charge in [-0.05, 0) is 42.0 Å². The minimum atomic E-state index is -4.02. The summed E-state index contributed by atoms with van der Waals surface area (Å²) in [5, 5.41) is 0. The van der Waals surface area contributed by atoms with Crippen LogP contribution in [0.2, 0.25) is 0 Å². The molecule has 0 unspecified atom stereocenters. The molecule has 0 fully saturated rings. The van der Waals surface area contributed by atoms with Gasteiger partial charge in [-0.2, -0.15) is 4.31 Å². The molecule has 0 radical (unpaired) electrons. The highest BCUT2D eigenvalue weighted by Gasteiger charge is 2.36. The molecule has 1 aliphatic heterocycles. The van der Waals surface area contributed by atoms with Crippen molar-refractivity contribution in [1.82, 2.24) is 4.31 Å². The first-order valence-corrected chi connectivity index (χ1v) is 13.0. The van der Waals surface area contributed by atoms with E-state index in [-0.39, 0.29) is 18.0 Å². The molecule has 0 bridgehead atoms. The molecule has 4 rings (SSSR count). The molecule has 0 aromatic heterocycles. The average molecular weight is 559 g/mol. The van der Waals surface area contributed by atoms with Crippen LogP contribution >= 0.6 is 15.9 Å². The van der Waals surface area contributed by atoms with Gasteiger partial charge in [-0.1, -0.05) is 58.4 Å². The first-order chi connectivity index (χ1) is 16.8. The molecule has 35 heavy (non-hydrogen) atoms. The number of ether oxygens (including phenoxy) is 2. The van der Waals surface area contributed by atoms with Crippen molar-refractivity contribution in [3.05, 3.63) is 88.9 Å². The van der Waals surface area contributed by atoms with Gasteiger partial charge < -0.3 is 14.4 Å². The number of halogens is 1. The molecule has 0 aliphatic carbocycles. The van der Waals surface area contributed by atoms with Crippen LogP contribution in [0, 0.1) is 0 Å². The first kappa shape index (κ1) is 24.9. The van der Waals surface area contributed by atoms with Crippen molar-refractivity contribution < 1.29 is 27.5 Å². The van der Waals surface area contributed by atoms with E-state index in [1.165, 1.54) is 24.1 Å². The summed E-state index contributed by atoms with van der Waals surface area (Å²) in [6.45, 7) is -0.535. The number of rotatable bonds is 7. The number of hydrogen-bond donors (Lipinski definition) is 0. The Morgan fingerprint density at radius 1 is 1.03 bits per heavy atom. The maximum absolute atomic E-state index is 13.6. The number of esters is 1. The number of para-hydroxylation sites is 2. The average Bonchev–Trinajstić information content (AvgIpc) is 2.88. The maximum Gasteiger partial charge on any atom is 0.348 e. The standard InChI is InChI=1S/C25H23BrN2O6S/c1-33-25(30)23-16-28(21-9-5-6-10-22(21)34-23)24(29)17-27(15-18-7-3-2-4-8-18)35(31,32)20-13-11-19(26)12-14-20/h2-14,23H,15-17H2,1H3/t23-/m0/s1. The summed E-state index contributed by atoms with van der Waals surface area (Å²) in [6.07, 6.45) is -1.02. The van der Waals surface area contributed by atoms with Gasteiger partial charge in [-0.15, -0.1) is 0 Å². The lowest BCUT2D eigenvalue weighted by atomic mass is 10.2. The van der Waals surface area contributed by atoms with Crippen molar-refractivity contribution in [2.75, 3.05) is 25.1 Å².